The van der Waals surface area contributed by atoms with Gasteiger partial charge >= 0.3 is 12.1 Å². The third-order valence-corrected chi connectivity index (χ3v) is 2.26. The fourth-order valence-corrected chi connectivity index (χ4v) is 1.38. The van der Waals surface area contributed by atoms with Crippen molar-refractivity contribution in [3.8, 4) is 0 Å². The second kappa shape index (κ2) is 6.35. The molecule has 1 heterocycles. The van der Waals surface area contributed by atoms with Crippen molar-refractivity contribution < 1.29 is 27.5 Å². The number of aromatic nitrogens is 3. The molecule has 1 N–H and O–H groups in total. The van der Waals surface area contributed by atoms with Gasteiger partial charge < -0.3 is 9.64 Å². The van der Waals surface area contributed by atoms with E-state index >= 15 is 0 Å². The Morgan fingerprint density at radius 1 is 1.40 bits per heavy atom. The van der Waals surface area contributed by atoms with Gasteiger partial charge in [0.15, 0.2) is 0 Å². The van der Waals surface area contributed by atoms with Crippen LogP contribution in [0, 0.1) is 6.92 Å². The number of H-pyrrole nitrogens is 1. The lowest BCUT2D eigenvalue weighted by atomic mass is 10.3. The average Bonchev–Trinajstić information content (AvgIpc) is 2.78. The standard InChI is InChI=1S/C10H13F3N4O3/c1-6-14-8(16-15-6)9(19)17(5-10(11,12)13)4-3-7(18)20-2/h3-5H2,1-2H3,(H,14,15,16). The molecule has 0 saturated heterocycles. The number of hydrogen-bond acceptors (Lipinski definition) is 5. The number of nitrogens with zero attached hydrogens (tertiary/aromatic N) is 3. The molecule has 0 bridgehead atoms. The maximum absolute atomic E-state index is 12.4. The van der Waals surface area contributed by atoms with Gasteiger partial charge in [-0.25, -0.2) is 4.98 Å². The number of alkyl halides is 3. The predicted molar refractivity (Wildman–Crippen MR) is 59.7 cm³/mol. The molecule has 0 atom stereocenters. The van der Waals surface area contributed by atoms with Gasteiger partial charge in [-0.1, -0.05) is 0 Å². The van der Waals surface area contributed by atoms with Crippen molar-refractivity contribution in [1.82, 2.24) is 20.1 Å². The second-order valence-corrected chi connectivity index (χ2v) is 3.91. The minimum absolute atomic E-state index is 0.299. The summed E-state index contributed by atoms with van der Waals surface area (Å²) in [5.41, 5.74) is 0. The number of halogens is 3. The zero-order valence-electron chi connectivity index (χ0n) is 10.8. The molecule has 7 nitrogen and oxygen atoms in total. The van der Waals surface area contributed by atoms with Gasteiger partial charge in [0.05, 0.1) is 13.5 Å². The smallest absolute Gasteiger partial charge is 0.406 e. The number of esters is 1. The molecule has 112 valence electrons. The molecule has 0 spiro atoms. The number of aromatic amines is 1. The molecule has 0 aliphatic rings. The zero-order valence-corrected chi connectivity index (χ0v) is 10.8. The van der Waals surface area contributed by atoms with Gasteiger partial charge in [0.2, 0.25) is 5.82 Å². The number of aryl methyl sites for hydroxylation is 1. The van der Waals surface area contributed by atoms with Crippen molar-refractivity contribution in [2.75, 3.05) is 20.2 Å². The summed E-state index contributed by atoms with van der Waals surface area (Å²) >= 11 is 0. The van der Waals surface area contributed by atoms with E-state index in [4.69, 9.17) is 0 Å². The number of ether oxygens (including phenoxy) is 1. The molecular weight excluding hydrogens is 281 g/mol. The van der Waals surface area contributed by atoms with Crippen LogP contribution in [0.4, 0.5) is 13.2 Å². The van der Waals surface area contributed by atoms with E-state index in [0.29, 0.717) is 10.7 Å². The molecule has 0 saturated carbocycles. The van der Waals surface area contributed by atoms with Crippen molar-refractivity contribution in [3.63, 3.8) is 0 Å². The summed E-state index contributed by atoms with van der Waals surface area (Å²) in [6.07, 6.45) is -4.93. The molecule has 1 rings (SSSR count). The molecule has 0 aromatic carbocycles. The summed E-state index contributed by atoms with van der Waals surface area (Å²) in [6.45, 7) is -0.415. The van der Waals surface area contributed by atoms with Gasteiger partial charge in [0.1, 0.15) is 12.4 Å². The van der Waals surface area contributed by atoms with Crippen molar-refractivity contribution >= 4 is 11.9 Å². The van der Waals surface area contributed by atoms with Crippen LogP contribution in [0.1, 0.15) is 22.9 Å². The van der Waals surface area contributed by atoms with Crippen LogP contribution in [0.2, 0.25) is 0 Å². The number of carbonyl (C=O) groups excluding carboxylic acids is 2. The van der Waals surface area contributed by atoms with Gasteiger partial charge in [0, 0.05) is 6.54 Å². The Labute approximate surface area is 112 Å². The monoisotopic (exact) mass is 294 g/mol. The lowest BCUT2D eigenvalue weighted by Gasteiger charge is -2.22. The van der Waals surface area contributed by atoms with Gasteiger partial charge in [-0.15, -0.1) is 5.10 Å². The number of carbonyl (C=O) groups is 2. The van der Waals surface area contributed by atoms with Gasteiger partial charge in [-0.3, -0.25) is 14.7 Å². The molecule has 0 unspecified atom stereocenters. The quantitative estimate of drug-likeness (QED) is 0.807. The number of hydrogen-bond donors (Lipinski definition) is 1. The highest BCUT2D eigenvalue weighted by atomic mass is 19.4. The van der Waals surface area contributed by atoms with E-state index in [9.17, 15) is 22.8 Å². The zero-order chi connectivity index (χ0) is 15.3. The number of methoxy groups -OCH3 is 1. The second-order valence-electron chi connectivity index (χ2n) is 3.91. The van der Waals surface area contributed by atoms with Gasteiger partial charge in [-0.2, -0.15) is 13.2 Å². The summed E-state index contributed by atoms with van der Waals surface area (Å²) in [5.74, 6) is -1.79. The molecule has 0 aliphatic carbocycles. The Morgan fingerprint density at radius 3 is 2.50 bits per heavy atom. The van der Waals surface area contributed by atoms with Crippen LogP contribution >= 0.6 is 0 Å². The number of amides is 1. The van der Waals surface area contributed by atoms with E-state index < -0.39 is 31.1 Å². The lowest BCUT2D eigenvalue weighted by Crippen LogP contribution is -2.40. The third kappa shape index (κ3) is 4.86. The minimum Gasteiger partial charge on any atom is -0.469 e. The van der Waals surface area contributed by atoms with Crippen LogP contribution in [0.5, 0.6) is 0 Å². The number of nitrogens with one attached hydrogen (secondary N) is 1. The molecule has 1 aromatic heterocycles. The number of rotatable bonds is 5. The Kier molecular flexibility index (Phi) is 5.06. The van der Waals surface area contributed by atoms with Crippen molar-refractivity contribution in [3.05, 3.63) is 11.6 Å². The fourth-order valence-electron chi connectivity index (χ4n) is 1.38. The summed E-state index contributed by atoms with van der Waals surface area (Å²) in [4.78, 5) is 27.0. The first-order valence-corrected chi connectivity index (χ1v) is 5.55. The third-order valence-electron chi connectivity index (χ3n) is 2.26. The lowest BCUT2D eigenvalue weighted by molar-refractivity contribution is -0.147. The highest BCUT2D eigenvalue weighted by Gasteiger charge is 2.34. The van der Waals surface area contributed by atoms with E-state index in [2.05, 4.69) is 19.9 Å². The molecule has 10 heteroatoms. The highest BCUT2D eigenvalue weighted by Crippen LogP contribution is 2.17. The predicted octanol–water partition coefficient (Wildman–Crippen LogP) is 0.681. The maximum atomic E-state index is 12.4. The average molecular weight is 294 g/mol. The fraction of sp³-hybridized carbons (Fsp3) is 0.600. The first-order chi connectivity index (χ1) is 9.23. The van der Waals surface area contributed by atoms with E-state index in [1.165, 1.54) is 6.92 Å². The van der Waals surface area contributed by atoms with Gasteiger partial charge in [-0.05, 0) is 6.92 Å². The van der Waals surface area contributed by atoms with Crippen LogP contribution in [0.25, 0.3) is 0 Å². The maximum Gasteiger partial charge on any atom is 0.406 e. The topological polar surface area (TPSA) is 88.2 Å². The van der Waals surface area contributed by atoms with Crippen LogP contribution < -0.4 is 0 Å². The van der Waals surface area contributed by atoms with Crippen LogP contribution in [0.15, 0.2) is 0 Å². The molecule has 20 heavy (non-hydrogen) atoms. The molecule has 1 aromatic rings. The molecule has 0 aliphatic heterocycles. The summed E-state index contributed by atoms with van der Waals surface area (Å²) in [7, 11) is 1.11. The van der Waals surface area contributed by atoms with E-state index in [1.807, 2.05) is 0 Å². The van der Waals surface area contributed by atoms with E-state index in [0.717, 1.165) is 7.11 Å². The van der Waals surface area contributed by atoms with Crippen molar-refractivity contribution in [2.24, 2.45) is 0 Å². The van der Waals surface area contributed by atoms with Gasteiger partial charge in [0.25, 0.3) is 5.91 Å². The van der Waals surface area contributed by atoms with E-state index in [-0.39, 0.29) is 12.2 Å². The molecule has 0 fully saturated rings. The van der Waals surface area contributed by atoms with Crippen molar-refractivity contribution in [1.29, 1.82) is 0 Å². The summed E-state index contributed by atoms with van der Waals surface area (Å²) < 4.78 is 41.6. The van der Waals surface area contributed by atoms with E-state index in [1.54, 1.807) is 0 Å². The summed E-state index contributed by atoms with van der Waals surface area (Å²) in [5, 5.41) is 5.86. The summed E-state index contributed by atoms with van der Waals surface area (Å²) in [6, 6.07) is 0. The Morgan fingerprint density at radius 2 is 2.05 bits per heavy atom. The Bertz CT molecular complexity index is 486. The Balaban J connectivity index is 2.80. The largest absolute Gasteiger partial charge is 0.469 e. The van der Waals surface area contributed by atoms with Crippen LogP contribution in [0.3, 0.4) is 0 Å². The van der Waals surface area contributed by atoms with Crippen LogP contribution in [-0.2, 0) is 9.53 Å². The minimum atomic E-state index is -4.59. The molecular formula is C10H13F3N4O3. The highest BCUT2D eigenvalue weighted by molar-refractivity contribution is 5.90. The Hall–Kier alpha value is -2.13. The normalized spacial score (nSPS) is 11.2. The molecule has 1 amide bonds. The van der Waals surface area contributed by atoms with Crippen molar-refractivity contribution in [2.45, 2.75) is 19.5 Å². The first kappa shape index (κ1) is 15.9. The SMILES string of the molecule is COC(=O)CCN(CC(F)(F)F)C(=O)c1n[nH]c(C)n1. The molecule has 0 radical (unpaired) electrons. The van der Waals surface area contributed by atoms with Crippen LogP contribution in [-0.4, -0.2) is 58.3 Å². The first-order valence-electron chi connectivity index (χ1n) is 5.55.